The molecule has 456 valence electrons. The van der Waals surface area contributed by atoms with E-state index >= 15 is 0 Å². The van der Waals surface area contributed by atoms with E-state index in [2.05, 4.69) is 106 Å². The standard InChI is InChI=1S/C73H128O6/c1-4-7-10-13-16-19-22-25-28-31-33-34-35-36-37-38-40-42-45-48-51-54-57-60-63-66-72(75)78-69-70(68-77-71(74)65-62-59-56-53-50-47-44-41-30-27-24-21-18-15-12-9-6-3)79-73(76)67-64-61-58-55-52-49-46-43-39-32-29-26-23-20-17-14-11-8-5-2/h7,10,16,19,25,27-28,30,33-34,36-37,40,42,70H,4-6,8-9,11-15,17-18,20-24,26,29,31-32,35,38-39,41,43-69H2,1-3H3/b10-7-,19-16-,28-25-,30-27-,34-33-,37-36-,42-40-. The normalized spacial score (nSPS) is 12.6. The molecule has 0 aliphatic carbocycles. The average molecular weight is 1100 g/mol. The van der Waals surface area contributed by atoms with E-state index in [9.17, 15) is 14.4 Å². The van der Waals surface area contributed by atoms with Gasteiger partial charge in [0, 0.05) is 19.3 Å². The minimum Gasteiger partial charge on any atom is -0.462 e. The fraction of sp³-hybridized carbons (Fsp3) is 0.767. The maximum Gasteiger partial charge on any atom is 0.306 e. The third kappa shape index (κ3) is 65.3. The number of carbonyl (C=O) groups excluding carboxylic acids is 3. The van der Waals surface area contributed by atoms with Crippen molar-refractivity contribution in [3.63, 3.8) is 0 Å². The molecule has 0 aromatic carbocycles. The number of unbranched alkanes of at least 4 members (excludes halogenated alkanes) is 37. The third-order valence-electron chi connectivity index (χ3n) is 14.9. The molecule has 1 unspecified atom stereocenters. The van der Waals surface area contributed by atoms with Crippen molar-refractivity contribution in [2.45, 2.75) is 348 Å². The Hall–Kier alpha value is -3.41. The summed E-state index contributed by atoms with van der Waals surface area (Å²) in [4.78, 5) is 38.4. The van der Waals surface area contributed by atoms with Gasteiger partial charge in [-0.05, 0) is 96.3 Å². The van der Waals surface area contributed by atoms with Gasteiger partial charge in [-0.2, -0.15) is 0 Å². The zero-order valence-electron chi connectivity index (χ0n) is 52.4. The van der Waals surface area contributed by atoms with Crippen LogP contribution in [0.4, 0.5) is 0 Å². The van der Waals surface area contributed by atoms with Gasteiger partial charge in [-0.1, -0.05) is 311 Å². The molecule has 0 aromatic heterocycles. The van der Waals surface area contributed by atoms with Crippen molar-refractivity contribution in [1.29, 1.82) is 0 Å². The summed E-state index contributed by atoms with van der Waals surface area (Å²) in [5, 5.41) is 0. The molecule has 0 radical (unpaired) electrons. The van der Waals surface area contributed by atoms with Crippen LogP contribution in [0.3, 0.4) is 0 Å². The van der Waals surface area contributed by atoms with Crippen LogP contribution in [0.25, 0.3) is 0 Å². The lowest BCUT2D eigenvalue weighted by Gasteiger charge is -2.18. The van der Waals surface area contributed by atoms with Crippen LogP contribution in [0.1, 0.15) is 342 Å². The molecule has 0 saturated carbocycles. The first kappa shape index (κ1) is 75.6. The molecule has 0 aromatic rings. The zero-order valence-corrected chi connectivity index (χ0v) is 52.4. The summed E-state index contributed by atoms with van der Waals surface area (Å²) < 4.78 is 17.0. The largest absolute Gasteiger partial charge is 0.462 e. The van der Waals surface area contributed by atoms with E-state index in [0.717, 1.165) is 109 Å². The predicted octanol–water partition coefficient (Wildman–Crippen LogP) is 23.4. The number of carbonyl (C=O) groups is 3. The summed E-state index contributed by atoms with van der Waals surface area (Å²) in [5.41, 5.74) is 0. The Morgan fingerprint density at radius 2 is 0.494 bits per heavy atom. The van der Waals surface area contributed by atoms with Crippen LogP contribution < -0.4 is 0 Å². The fourth-order valence-corrected chi connectivity index (χ4v) is 9.80. The summed E-state index contributed by atoms with van der Waals surface area (Å²) in [6.45, 7) is 6.56. The molecule has 0 fully saturated rings. The van der Waals surface area contributed by atoms with E-state index in [1.165, 1.54) is 193 Å². The van der Waals surface area contributed by atoms with Crippen LogP contribution in [0.5, 0.6) is 0 Å². The zero-order chi connectivity index (χ0) is 57.1. The maximum atomic E-state index is 12.9. The van der Waals surface area contributed by atoms with Crippen molar-refractivity contribution >= 4 is 17.9 Å². The van der Waals surface area contributed by atoms with Gasteiger partial charge in [-0.15, -0.1) is 0 Å². The SMILES string of the molecule is CC/C=C\C/C=C\C/C=C\C/C=C\C/C=C\C/C=C\CCCCCCCCC(=O)OCC(COC(=O)CCCCCCCCC/C=C\CCCCCCCC)OC(=O)CCCCCCCCCCCCCCCCCCCCC. The van der Waals surface area contributed by atoms with Crippen LogP contribution in [-0.2, 0) is 28.6 Å². The topological polar surface area (TPSA) is 78.9 Å². The van der Waals surface area contributed by atoms with Crippen molar-refractivity contribution in [2.24, 2.45) is 0 Å². The highest BCUT2D eigenvalue weighted by Crippen LogP contribution is 2.17. The van der Waals surface area contributed by atoms with Crippen LogP contribution in [-0.4, -0.2) is 37.2 Å². The van der Waals surface area contributed by atoms with E-state index in [1.807, 2.05) is 0 Å². The van der Waals surface area contributed by atoms with Crippen LogP contribution in [0, 0.1) is 0 Å². The van der Waals surface area contributed by atoms with E-state index in [-0.39, 0.29) is 31.1 Å². The van der Waals surface area contributed by atoms with Crippen molar-refractivity contribution in [3.8, 4) is 0 Å². The molecule has 0 saturated heterocycles. The molecule has 1 atom stereocenters. The van der Waals surface area contributed by atoms with Crippen molar-refractivity contribution in [2.75, 3.05) is 13.2 Å². The second-order valence-electron chi connectivity index (χ2n) is 22.7. The number of rotatable bonds is 62. The molecule has 6 nitrogen and oxygen atoms in total. The highest BCUT2D eigenvalue weighted by Gasteiger charge is 2.19. The van der Waals surface area contributed by atoms with Gasteiger partial charge < -0.3 is 14.2 Å². The molecule has 0 rings (SSSR count). The Morgan fingerprint density at radius 3 is 0.785 bits per heavy atom. The molecule has 0 N–H and O–H groups in total. The molecule has 0 amide bonds. The number of allylic oxidation sites excluding steroid dienone is 14. The number of hydrogen-bond donors (Lipinski definition) is 0. The summed E-state index contributed by atoms with van der Waals surface area (Å²) in [7, 11) is 0. The molecule has 0 aliphatic heterocycles. The summed E-state index contributed by atoms with van der Waals surface area (Å²) >= 11 is 0. The number of esters is 3. The average Bonchev–Trinajstić information content (AvgIpc) is 3.45. The fourth-order valence-electron chi connectivity index (χ4n) is 9.80. The molecule has 0 aliphatic rings. The van der Waals surface area contributed by atoms with Crippen molar-refractivity contribution < 1.29 is 28.6 Å². The Morgan fingerprint density at radius 1 is 0.266 bits per heavy atom. The van der Waals surface area contributed by atoms with Gasteiger partial charge >= 0.3 is 17.9 Å². The summed E-state index contributed by atoms with van der Waals surface area (Å²) in [6, 6.07) is 0. The van der Waals surface area contributed by atoms with Gasteiger partial charge in [0.2, 0.25) is 0 Å². The van der Waals surface area contributed by atoms with Crippen LogP contribution in [0.15, 0.2) is 85.1 Å². The van der Waals surface area contributed by atoms with E-state index in [0.29, 0.717) is 19.3 Å². The van der Waals surface area contributed by atoms with Gasteiger partial charge in [-0.3, -0.25) is 14.4 Å². The molecule has 0 heterocycles. The first-order valence-corrected chi connectivity index (χ1v) is 34.1. The number of hydrogen-bond acceptors (Lipinski definition) is 6. The second-order valence-corrected chi connectivity index (χ2v) is 22.7. The molecular weight excluding hydrogens is 973 g/mol. The highest BCUT2D eigenvalue weighted by atomic mass is 16.6. The quantitative estimate of drug-likeness (QED) is 0.0261. The lowest BCUT2D eigenvalue weighted by atomic mass is 10.0. The smallest absolute Gasteiger partial charge is 0.306 e. The minimum atomic E-state index is -0.785. The van der Waals surface area contributed by atoms with Gasteiger partial charge in [0.1, 0.15) is 13.2 Å². The second kappa shape index (κ2) is 67.1. The Balaban J connectivity index is 4.38. The molecule has 6 heteroatoms. The maximum absolute atomic E-state index is 12.9. The van der Waals surface area contributed by atoms with Crippen LogP contribution in [0.2, 0.25) is 0 Å². The predicted molar refractivity (Wildman–Crippen MR) is 344 cm³/mol. The molecule has 0 bridgehead atoms. The third-order valence-corrected chi connectivity index (χ3v) is 14.9. The van der Waals surface area contributed by atoms with E-state index in [1.54, 1.807) is 0 Å². The monoisotopic (exact) mass is 1100 g/mol. The van der Waals surface area contributed by atoms with Crippen molar-refractivity contribution in [3.05, 3.63) is 85.1 Å². The first-order valence-electron chi connectivity index (χ1n) is 34.1. The molecular formula is C73H128O6. The van der Waals surface area contributed by atoms with E-state index < -0.39 is 6.10 Å². The highest BCUT2D eigenvalue weighted by molar-refractivity contribution is 5.71. The van der Waals surface area contributed by atoms with Gasteiger partial charge in [0.25, 0.3) is 0 Å². The number of ether oxygens (including phenoxy) is 3. The van der Waals surface area contributed by atoms with Gasteiger partial charge in [-0.25, -0.2) is 0 Å². The van der Waals surface area contributed by atoms with Gasteiger partial charge in [0.05, 0.1) is 0 Å². The Kier molecular flexibility index (Phi) is 64.2. The van der Waals surface area contributed by atoms with E-state index in [4.69, 9.17) is 14.2 Å². The molecule has 0 spiro atoms. The lowest BCUT2D eigenvalue weighted by molar-refractivity contribution is -0.167. The summed E-state index contributed by atoms with van der Waals surface area (Å²) in [6.07, 6.45) is 88.7. The molecule has 79 heavy (non-hydrogen) atoms. The van der Waals surface area contributed by atoms with Crippen molar-refractivity contribution in [1.82, 2.24) is 0 Å². The summed E-state index contributed by atoms with van der Waals surface area (Å²) in [5.74, 6) is -0.880. The van der Waals surface area contributed by atoms with Gasteiger partial charge in [0.15, 0.2) is 6.10 Å². The Bertz CT molecular complexity index is 1500. The minimum absolute atomic E-state index is 0.0803. The van der Waals surface area contributed by atoms with Crippen LogP contribution >= 0.6 is 0 Å². The first-order chi connectivity index (χ1) is 39.0. The lowest BCUT2D eigenvalue weighted by Crippen LogP contribution is -2.30. The Labute approximate surface area is 490 Å².